The molecule has 2 aliphatic rings. The minimum absolute atomic E-state index is 0.106. The van der Waals surface area contributed by atoms with E-state index < -0.39 is 5.54 Å². The topological polar surface area (TPSA) is 44.8 Å². The van der Waals surface area contributed by atoms with Crippen molar-refractivity contribution < 1.29 is 13.9 Å². The molecular weight excluding hydrogens is 321 g/mol. The van der Waals surface area contributed by atoms with E-state index >= 15 is 0 Å². The highest BCUT2D eigenvalue weighted by Crippen LogP contribution is 2.34. The van der Waals surface area contributed by atoms with Crippen molar-refractivity contribution in [2.24, 2.45) is 0 Å². The minimum atomic E-state index is -0.591. The number of halogens is 1. The molecule has 0 spiro atoms. The quantitative estimate of drug-likeness (QED) is 0.877. The van der Waals surface area contributed by atoms with E-state index in [9.17, 15) is 9.18 Å². The lowest BCUT2D eigenvalue weighted by Gasteiger charge is -2.43. The Morgan fingerprint density at radius 1 is 1.12 bits per heavy atom. The predicted octanol–water partition coefficient (Wildman–Crippen LogP) is 1.59. The van der Waals surface area contributed by atoms with Crippen molar-refractivity contribution in [3.63, 3.8) is 0 Å². The number of amides is 1. The summed E-state index contributed by atoms with van der Waals surface area (Å²) in [6.45, 7) is 8.91. The summed E-state index contributed by atoms with van der Waals surface area (Å²) >= 11 is 0. The molecule has 1 aromatic rings. The second-order valence-corrected chi connectivity index (χ2v) is 7.04. The first-order chi connectivity index (χ1) is 12.1. The van der Waals surface area contributed by atoms with Crippen LogP contribution < -0.4 is 5.32 Å². The molecule has 0 bridgehead atoms. The second kappa shape index (κ2) is 8.25. The number of ether oxygens (including phenoxy) is 1. The van der Waals surface area contributed by atoms with Gasteiger partial charge in [0.1, 0.15) is 5.82 Å². The maximum atomic E-state index is 14.4. The summed E-state index contributed by atoms with van der Waals surface area (Å²) in [5.74, 6) is -0.344. The van der Waals surface area contributed by atoms with E-state index in [0.717, 1.165) is 65.3 Å². The third-order valence-corrected chi connectivity index (χ3v) is 5.35. The Bertz CT molecular complexity index is 582. The molecule has 2 aliphatic heterocycles. The monoisotopic (exact) mass is 349 g/mol. The summed E-state index contributed by atoms with van der Waals surface area (Å²) in [6.07, 6.45) is 1.47. The molecule has 2 saturated heterocycles. The lowest BCUT2D eigenvalue weighted by atomic mass is 9.80. The molecule has 0 unspecified atom stereocenters. The fourth-order valence-electron chi connectivity index (χ4n) is 3.91. The summed E-state index contributed by atoms with van der Waals surface area (Å²) in [4.78, 5) is 16.6. The molecule has 6 heteroatoms. The van der Waals surface area contributed by atoms with Gasteiger partial charge in [0.05, 0.1) is 18.8 Å². The molecule has 0 aromatic heterocycles. The van der Waals surface area contributed by atoms with Crippen LogP contribution in [0.1, 0.15) is 25.3 Å². The summed E-state index contributed by atoms with van der Waals surface area (Å²) in [5.41, 5.74) is 0.0187. The van der Waals surface area contributed by atoms with Gasteiger partial charge in [-0.1, -0.05) is 18.2 Å². The maximum absolute atomic E-state index is 14.4. The van der Waals surface area contributed by atoms with Gasteiger partial charge < -0.3 is 15.0 Å². The molecule has 1 amide bonds. The van der Waals surface area contributed by atoms with Gasteiger partial charge in [-0.15, -0.1) is 0 Å². The molecule has 5 nitrogen and oxygen atoms in total. The lowest BCUT2D eigenvalue weighted by molar-refractivity contribution is -0.121. The Morgan fingerprint density at radius 3 is 2.32 bits per heavy atom. The van der Waals surface area contributed by atoms with E-state index in [0.29, 0.717) is 5.56 Å². The smallest absolute Gasteiger partial charge is 0.217 e. The Balaban J connectivity index is 1.61. The number of carbonyl (C=O) groups is 1. The van der Waals surface area contributed by atoms with E-state index in [1.165, 1.54) is 13.0 Å². The van der Waals surface area contributed by atoms with Crippen LogP contribution in [0.4, 0.5) is 4.39 Å². The SMILES string of the molecule is CC(=O)NC1(c2ccccc2F)CCN(CCN2CCOCC2)CC1. The maximum Gasteiger partial charge on any atom is 0.217 e. The highest BCUT2D eigenvalue weighted by Gasteiger charge is 2.38. The van der Waals surface area contributed by atoms with Crippen LogP contribution in [0.3, 0.4) is 0 Å². The molecular formula is C19H28FN3O2. The number of benzene rings is 1. The average molecular weight is 349 g/mol. The zero-order chi connectivity index (χ0) is 17.7. The lowest BCUT2D eigenvalue weighted by Crippen LogP contribution is -2.54. The van der Waals surface area contributed by atoms with E-state index in [1.807, 2.05) is 6.07 Å². The van der Waals surface area contributed by atoms with Gasteiger partial charge in [0.25, 0.3) is 0 Å². The summed E-state index contributed by atoms with van der Waals surface area (Å²) in [5, 5.41) is 3.05. The van der Waals surface area contributed by atoms with Crippen molar-refractivity contribution in [1.82, 2.24) is 15.1 Å². The Hall–Kier alpha value is -1.50. The number of hydrogen-bond donors (Lipinski definition) is 1. The average Bonchev–Trinajstić information content (AvgIpc) is 2.62. The Morgan fingerprint density at radius 2 is 1.72 bits per heavy atom. The molecule has 0 saturated carbocycles. The van der Waals surface area contributed by atoms with Crippen molar-refractivity contribution >= 4 is 5.91 Å². The Kier molecular flexibility index (Phi) is 6.04. The van der Waals surface area contributed by atoms with Crippen LogP contribution in [0, 0.1) is 5.82 Å². The van der Waals surface area contributed by atoms with E-state index in [4.69, 9.17) is 4.74 Å². The highest BCUT2D eigenvalue weighted by molar-refractivity contribution is 5.74. The zero-order valence-electron chi connectivity index (χ0n) is 15.0. The number of morpholine rings is 1. The number of likely N-dealkylation sites (tertiary alicyclic amines) is 1. The number of nitrogens with zero attached hydrogens (tertiary/aromatic N) is 2. The van der Waals surface area contributed by atoms with Crippen LogP contribution >= 0.6 is 0 Å². The number of piperidine rings is 1. The third kappa shape index (κ3) is 4.57. The molecule has 2 heterocycles. The summed E-state index contributed by atoms with van der Waals surface area (Å²) in [6, 6.07) is 6.81. The first-order valence-electron chi connectivity index (χ1n) is 9.15. The molecule has 138 valence electrons. The second-order valence-electron chi connectivity index (χ2n) is 7.04. The summed E-state index contributed by atoms with van der Waals surface area (Å²) in [7, 11) is 0. The minimum Gasteiger partial charge on any atom is -0.379 e. The van der Waals surface area contributed by atoms with Crippen molar-refractivity contribution in [3.05, 3.63) is 35.6 Å². The van der Waals surface area contributed by atoms with Gasteiger partial charge in [-0.2, -0.15) is 0 Å². The van der Waals surface area contributed by atoms with Gasteiger partial charge >= 0.3 is 0 Å². The van der Waals surface area contributed by atoms with Crippen molar-refractivity contribution in [2.75, 3.05) is 52.5 Å². The van der Waals surface area contributed by atoms with Crippen molar-refractivity contribution in [2.45, 2.75) is 25.3 Å². The van der Waals surface area contributed by atoms with Gasteiger partial charge in [-0.3, -0.25) is 9.69 Å². The van der Waals surface area contributed by atoms with Crippen LogP contribution in [-0.2, 0) is 15.1 Å². The van der Waals surface area contributed by atoms with E-state index in [1.54, 1.807) is 12.1 Å². The van der Waals surface area contributed by atoms with Gasteiger partial charge in [-0.25, -0.2) is 4.39 Å². The fraction of sp³-hybridized carbons (Fsp3) is 0.632. The zero-order valence-corrected chi connectivity index (χ0v) is 15.0. The van der Waals surface area contributed by atoms with Gasteiger partial charge in [-0.05, 0) is 18.9 Å². The van der Waals surface area contributed by atoms with Crippen molar-refractivity contribution in [3.8, 4) is 0 Å². The number of hydrogen-bond acceptors (Lipinski definition) is 4. The van der Waals surface area contributed by atoms with Crippen molar-refractivity contribution in [1.29, 1.82) is 0 Å². The van der Waals surface area contributed by atoms with Crippen LogP contribution in [-0.4, -0.2) is 68.2 Å². The molecule has 1 aromatic carbocycles. The molecule has 2 fully saturated rings. The standard InChI is InChI=1S/C19H28FN3O2/c1-16(24)21-19(17-4-2-3-5-18(17)20)6-8-22(9-7-19)10-11-23-12-14-25-15-13-23/h2-5H,6-15H2,1H3,(H,21,24). The van der Waals surface area contributed by atoms with Gasteiger partial charge in [0.15, 0.2) is 0 Å². The first kappa shape index (κ1) is 18.3. The number of nitrogens with one attached hydrogen (secondary N) is 1. The molecule has 0 radical (unpaired) electrons. The summed E-state index contributed by atoms with van der Waals surface area (Å²) < 4.78 is 19.8. The Labute approximate surface area is 149 Å². The van der Waals surface area contributed by atoms with Crippen LogP contribution in [0.25, 0.3) is 0 Å². The molecule has 1 N–H and O–H groups in total. The predicted molar refractivity (Wildman–Crippen MR) is 94.8 cm³/mol. The number of carbonyl (C=O) groups excluding carboxylic acids is 1. The number of rotatable bonds is 5. The van der Waals surface area contributed by atoms with Crippen LogP contribution in [0.15, 0.2) is 24.3 Å². The molecule has 0 aliphatic carbocycles. The first-order valence-corrected chi connectivity index (χ1v) is 9.15. The normalized spacial score (nSPS) is 21.8. The fourth-order valence-corrected chi connectivity index (χ4v) is 3.91. The van der Waals surface area contributed by atoms with Crippen LogP contribution in [0.2, 0.25) is 0 Å². The van der Waals surface area contributed by atoms with E-state index in [2.05, 4.69) is 15.1 Å². The van der Waals surface area contributed by atoms with Gasteiger partial charge in [0, 0.05) is 51.8 Å². The molecule has 0 atom stereocenters. The largest absolute Gasteiger partial charge is 0.379 e. The van der Waals surface area contributed by atoms with Gasteiger partial charge in [0.2, 0.25) is 5.91 Å². The highest BCUT2D eigenvalue weighted by atomic mass is 19.1. The molecule has 3 rings (SSSR count). The third-order valence-electron chi connectivity index (χ3n) is 5.35. The molecule has 25 heavy (non-hydrogen) atoms. The van der Waals surface area contributed by atoms with Crippen LogP contribution in [0.5, 0.6) is 0 Å². The van der Waals surface area contributed by atoms with E-state index in [-0.39, 0.29) is 11.7 Å².